The zero-order valence-electron chi connectivity index (χ0n) is 14.4. The van der Waals surface area contributed by atoms with Crippen LogP contribution in [0.25, 0.3) is 11.4 Å². The van der Waals surface area contributed by atoms with Crippen molar-refractivity contribution in [2.24, 2.45) is 0 Å². The predicted octanol–water partition coefficient (Wildman–Crippen LogP) is 3.40. The Morgan fingerprint density at radius 2 is 1.76 bits per heavy atom. The quantitative estimate of drug-likeness (QED) is 0.923. The Morgan fingerprint density at radius 1 is 1.04 bits per heavy atom. The topological polar surface area (TPSA) is 71.3 Å². The van der Waals surface area contributed by atoms with Gasteiger partial charge in [0.2, 0.25) is 5.82 Å². The summed E-state index contributed by atoms with van der Waals surface area (Å²) in [5, 5.41) is 6.97. The van der Waals surface area contributed by atoms with Crippen molar-refractivity contribution in [3.63, 3.8) is 0 Å². The molecule has 2 aliphatic rings. The lowest BCUT2D eigenvalue weighted by Crippen LogP contribution is -2.36. The monoisotopic (exact) mass is 340 g/mol. The molecule has 0 bridgehead atoms. The maximum absolute atomic E-state index is 12.3. The van der Waals surface area contributed by atoms with E-state index in [2.05, 4.69) is 32.5 Å². The van der Waals surface area contributed by atoms with Gasteiger partial charge in [-0.25, -0.2) is 0 Å². The molecular formula is C19H24N4O2. The highest BCUT2D eigenvalue weighted by Crippen LogP contribution is 2.24. The lowest BCUT2D eigenvalue weighted by molar-refractivity contribution is 0.0883. The highest BCUT2D eigenvalue weighted by Gasteiger charge is 2.21. The average molecular weight is 340 g/mol. The summed E-state index contributed by atoms with van der Waals surface area (Å²) in [5.74, 6) is 0.241. The first-order valence-corrected chi connectivity index (χ1v) is 9.29. The van der Waals surface area contributed by atoms with E-state index >= 15 is 0 Å². The van der Waals surface area contributed by atoms with Crippen LogP contribution in [0.15, 0.2) is 28.8 Å². The highest BCUT2D eigenvalue weighted by atomic mass is 16.5. The molecule has 1 N–H and O–H groups in total. The molecule has 1 aliphatic heterocycles. The van der Waals surface area contributed by atoms with Gasteiger partial charge in [-0.05, 0) is 49.9 Å². The number of carbonyl (C=O) groups is 1. The van der Waals surface area contributed by atoms with E-state index in [1.165, 1.54) is 37.8 Å². The molecule has 0 atom stereocenters. The van der Waals surface area contributed by atoms with Gasteiger partial charge in [0.15, 0.2) is 0 Å². The Bertz CT molecular complexity index is 713. The molecule has 2 aromatic rings. The van der Waals surface area contributed by atoms with Crippen LogP contribution in [0.3, 0.4) is 0 Å². The highest BCUT2D eigenvalue weighted by molar-refractivity contribution is 5.90. The van der Waals surface area contributed by atoms with E-state index in [1.807, 2.05) is 12.1 Å². The van der Waals surface area contributed by atoms with Gasteiger partial charge >= 0.3 is 11.8 Å². The lowest BCUT2D eigenvalue weighted by Gasteiger charge is -2.21. The van der Waals surface area contributed by atoms with Gasteiger partial charge in [-0.15, -0.1) is 0 Å². The number of hydrogen-bond acceptors (Lipinski definition) is 5. The van der Waals surface area contributed by atoms with Crippen molar-refractivity contribution in [3.8, 4) is 11.4 Å². The van der Waals surface area contributed by atoms with Gasteiger partial charge in [0.25, 0.3) is 0 Å². The maximum atomic E-state index is 12.3. The van der Waals surface area contributed by atoms with Gasteiger partial charge in [-0.2, -0.15) is 4.98 Å². The third-order valence-electron chi connectivity index (χ3n) is 5.16. The number of hydrogen-bond donors (Lipinski definition) is 1. The number of rotatable bonds is 4. The molecule has 0 unspecified atom stereocenters. The molecule has 1 aromatic heterocycles. The number of nitrogens with zero attached hydrogens (tertiary/aromatic N) is 3. The van der Waals surface area contributed by atoms with Crippen LogP contribution in [0, 0.1) is 0 Å². The minimum absolute atomic E-state index is 0.0455. The molecule has 4 rings (SSSR count). The van der Waals surface area contributed by atoms with E-state index < -0.39 is 0 Å². The van der Waals surface area contributed by atoms with Crippen LogP contribution in [-0.2, 0) is 0 Å². The van der Waals surface area contributed by atoms with Gasteiger partial charge in [0.1, 0.15) is 0 Å². The molecule has 0 radical (unpaired) electrons. The van der Waals surface area contributed by atoms with Gasteiger partial charge in [-0.3, -0.25) is 4.79 Å². The smallest absolute Gasteiger partial charge is 0.316 e. The second-order valence-corrected chi connectivity index (χ2v) is 6.97. The van der Waals surface area contributed by atoms with Gasteiger partial charge in [0.05, 0.1) is 0 Å². The molecule has 1 saturated heterocycles. The van der Waals surface area contributed by atoms with E-state index in [9.17, 15) is 4.79 Å². The Hall–Kier alpha value is -2.37. The zero-order valence-corrected chi connectivity index (χ0v) is 14.4. The Kier molecular flexibility index (Phi) is 4.68. The molecule has 6 heteroatoms. The molecule has 0 spiro atoms. The fourth-order valence-electron chi connectivity index (χ4n) is 3.72. The summed E-state index contributed by atoms with van der Waals surface area (Å²) in [6.07, 6.45) is 8.17. The number of carbonyl (C=O) groups excluding carboxylic acids is 1. The van der Waals surface area contributed by atoms with E-state index in [0.29, 0.717) is 5.82 Å². The number of amides is 1. The lowest BCUT2D eigenvalue weighted by atomic mass is 9.95. The summed E-state index contributed by atoms with van der Waals surface area (Å²) < 4.78 is 5.17. The minimum Gasteiger partial charge on any atom is -0.372 e. The average Bonchev–Trinajstić information content (AvgIpc) is 3.35. The van der Waals surface area contributed by atoms with Crippen molar-refractivity contribution in [2.75, 3.05) is 18.0 Å². The Labute approximate surface area is 147 Å². The first-order valence-electron chi connectivity index (χ1n) is 9.29. The van der Waals surface area contributed by atoms with Crippen LogP contribution in [-0.4, -0.2) is 35.2 Å². The van der Waals surface area contributed by atoms with Crippen molar-refractivity contribution < 1.29 is 9.32 Å². The molecule has 6 nitrogen and oxygen atoms in total. The van der Waals surface area contributed by atoms with E-state index in [4.69, 9.17) is 4.52 Å². The van der Waals surface area contributed by atoms with Crippen molar-refractivity contribution in [2.45, 2.75) is 51.0 Å². The molecule has 2 heterocycles. The van der Waals surface area contributed by atoms with Crippen LogP contribution >= 0.6 is 0 Å². The largest absolute Gasteiger partial charge is 0.372 e. The van der Waals surface area contributed by atoms with Crippen LogP contribution in [0.5, 0.6) is 0 Å². The van der Waals surface area contributed by atoms with E-state index in [0.717, 1.165) is 31.5 Å². The summed E-state index contributed by atoms with van der Waals surface area (Å²) in [5.41, 5.74) is 2.09. The van der Waals surface area contributed by atoms with Crippen LogP contribution in [0.1, 0.15) is 55.6 Å². The zero-order chi connectivity index (χ0) is 17.1. The third-order valence-corrected chi connectivity index (χ3v) is 5.16. The van der Waals surface area contributed by atoms with Gasteiger partial charge in [0, 0.05) is 30.4 Å². The predicted molar refractivity (Wildman–Crippen MR) is 95.5 cm³/mol. The van der Waals surface area contributed by atoms with Gasteiger partial charge < -0.3 is 14.7 Å². The molecule has 1 saturated carbocycles. The van der Waals surface area contributed by atoms with Crippen molar-refractivity contribution in [3.05, 3.63) is 30.2 Å². The number of aromatic nitrogens is 2. The Balaban J connectivity index is 1.42. The summed E-state index contributed by atoms with van der Waals surface area (Å²) in [4.78, 5) is 18.9. The van der Waals surface area contributed by atoms with Crippen molar-refractivity contribution in [1.29, 1.82) is 0 Å². The van der Waals surface area contributed by atoms with Gasteiger partial charge in [-0.1, -0.05) is 24.4 Å². The molecule has 1 aliphatic carbocycles. The fourth-order valence-corrected chi connectivity index (χ4v) is 3.72. The van der Waals surface area contributed by atoms with Crippen LogP contribution < -0.4 is 10.2 Å². The number of anilines is 1. The summed E-state index contributed by atoms with van der Waals surface area (Å²) in [7, 11) is 0. The molecule has 25 heavy (non-hydrogen) atoms. The minimum atomic E-state index is -0.265. The van der Waals surface area contributed by atoms with Crippen molar-refractivity contribution in [1.82, 2.24) is 15.5 Å². The number of nitrogens with one attached hydrogen (secondary N) is 1. The number of benzene rings is 1. The van der Waals surface area contributed by atoms with Crippen molar-refractivity contribution >= 4 is 11.6 Å². The summed E-state index contributed by atoms with van der Waals surface area (Å²) in [6, 6.07) is 8.37. The molecule has 132 valence electrons. The first-order chi connectivity index (χ1) is 12.3. The first kappa shape index (κ1) is 16.1. The standard InChI is InChI=1S/C19H24N4O2/c24-18(20-15-6-2-1-3-7-15)19-21-17(22-25-19)14-8-10-16(11-9-14)23-12-4-5-13-23/h8-11,15H,1-7,12-13H2,(H,20,24). The molecular weight excluding hydrogens is 316 g/mol. The third kappa shape index (κ3) is 3.67. The van der Waals surface area contributed by atoms with Crippen LogP contribution in [0.4, 0.5) is 5.69 Å². The Morgan fingerprint density at radius 3 is 2.48 bits per heavy atom. The molecule has 1 aromatic carbocycles. The normalized spacial score (nSPS) is 18.5. The van der Waals surface area contributed by atoms with Crippen LogP contribution in [0.2, 0.25) is 0 Å². The second-order valence-electron chi connectivity index (χ2n) is 6.97. The fraction of sp³-hybridized carbons (Fsp3) is 0.526. The molecule has 2 fully saturated rings. The second kappa shape index (κ2) is 7.25. The van der Waals surface area contributed by atoms with E-state index in [1.54, 1.807) is 0 Å². The van der Waals surface area contributed by atoms with E-state index in [-0.39, 0.29) is 17.8 Å². The maximum Gasteiger partial charge on any atom is 0.316 e. The molecule has 1 amide bonds. The SMILES string of the molecule is O=C(NC1CCCCC1)c1nc(-c2ccc(N3CCCC3)cc2)no1. The summed E-state index contributed by atoms with van der Waals surface area (Å²) in [6.45, 7) is 2.24. The summed E-state index contributed by atoms with van der Waals surface area (Å²) >= 11 is 0.